The Morgan fingerprint density at radius 1 is 1.31 bits per heavy atom. The smallest absolute Gasteiger partial charge is 0.333 e. The third-order valence-corrected chi connectivity index (χ3v) is 7.51. The number of amides is 1. The van der Waals surface area contributed by atoms with Crippen LogP contribution in [-0.2, 0) is 24.1 Å². The van der Waals surface area contributed by atoms with Crippen LogP contribution < -0.4 is 0 Å². The van der Waals surface area contributed by atoms with Gasteiger partial charge in [0.15, 0.2) is 5.69 Å². The minimum Gasteiger partial charge on any atom is -0.333 e. The normalized spacial score (nSPS) is 15.8. The van der Waals surface area contributed by atoms with Crippen molar-refractivity contribution in [1.29, 1.82) is 5.26 Å². The van der Waals surface area contributed by atoms with Gasteiger partial charge in [0.1, 0.15) is 10.9 Å². The summed E-state index contributed by atoms with van der Waals surface area (Å²) >= 11 is 1.18. The van der Waals surface area contributed by atoms with Crippen molar-refractivity contribution < 1.29 is 26.7 Å². The molecule has 3 aromatic rings. The minimum atomic E-state index is -4.88. The van der Waals surface area contributed by atoms with Gasteiger partial charge in [-0.3, -0.25) is 9.48 Å². The molecule has 206 valence electrons. The van der Waals surface area contributed by atoms with Gasteiger partial charge in [-0.15, -0.1) is 11.3 Å². The van der Waals surface area contributed by atoms with E-state index in [0.717, 1.165) is 16.9 Å². The zero-order valence-corrected chi connectivity index (χ0v) is 22.3. The number of rotatable bonds is 7. The third kappa shape index (κ3) is 5.89. The van der Waals surface area contributed by atoms with Crippen LogP contribution in [0.1, 0.15) is 51.4 Å². The van der Waals surface area contributed by atoms with Crippen molar-refractivity contribution in [3.63, 3.8) is 0 Å². The van der Waals surface area contributed by atoms with Crippen molar-refractivity contribution in [2.45, 2.75) is 38.5 Å². The van der Waals surface area contributed by atoms with Gasteiger partial charge in [0.05, 0.1) is 6.54 Å². The summed E-state index contributed by atoms with van der Waals surface area (Å²) < 4.78 is 71.9. The maximum Gasteiger partial charge on any atom is 0.435 e. The van der Waals surface area contributed by atoms with Crippen molar-refractivity contribution in [1.82, 2.24) is 19.6 Å². The van der Waals surface area contributed by atoms with E-state index >= 15 is 0 Å². The second-order valence-corrected chi connectivity index (χ2v) is 10.5. The molecule has 0 spiro atoms. The average Bonchev–Trinajstić information content (AvgIpc) is 3.51. The molecule has 2 aromatic heterocycles. The Bertz CT molecular complexity index is 1430. The van der Waals surface area contributed by atoms with E-state index in [1.165, 1.54) is 34.4 Å². The summed E-state index contributed by atoms with van der Waals surface area (Å²) in [5, 5.41) is 13.2. The summed E-state index contributed by atoms with van der Waals surface area (Å²) in [6, 6.07) is 7.71. The second kappa shape index (κ2) is 11.3. The fourth-order valence-corrected chi connectivity index (χ4v) is 5.76. The Kier molecular flexibility index (Phi) is 8.23. The van der Waals surface area contributed by atoms with E-state index in [4.69, 9.17) is 0 Å². The van der Waals surface area contributed by atoms with Gasteiger partial charge in [0.25, 0.3) is 6.43 Å². The number of aryl methyl sites for hydroxylation is 1. The summed E-state index contributed by atoms with van der Waals surface area (Å²) in [6.45, 7) is 2.48. The zero-order valence-electron chi connectivity index (χ0n) is 21.5. The summed E-state index contributed by atoms with van der Waals surface area (Å²) in [7, 11) is 3.70. The van der Waals surface area contributed by atoms with E-state index < -0.39 is 35.3 Å². The molecular formula is C27H26F5N5OS. The number of thiophene rings is 1. The van der Waals surface area contributed by atoms with Gasteiger partial charge in [-0.1, -0.05) is 24.3 Å². The van der Waals surface area contributed by atoms with Crippen LogP contribution in [0.3, 0.4) is 0 Å². The molecule has 1 unspecified atom stereocenters. The number of nitrogens with zero attached hydrogens (tertiary/aromatic N) is 5. The lowest BCUT2D eigenvalue weighted by molar-refractivity contribution is -0.141. The molecule has 0 fully saturated rings. The van der Waals surface area contributed by atoms with Gasteiger partial charge in [0.2, 0.25) is 5.91 Å². The molecule has 1 aromatic carbocycles. The number of benzene rings is 1. The van der Waals surface area contributed by atoms with E-state index in [-0.39, 0.29) is 36.7 Å². The summed E-state index contributed by atoms with van der Waals surface area (Å²) in [4.78, 5) is 17.5. The number of alkyl halides is 5. The Labute approximate surface area is 226 Å². The maximum atomic E-state index is 14.3. The summed E-state index contributed by atoms with van der Waals surface area (Å²) in [6.07, 6.45) is -3.68. The van der Waals surface area contributed by atoms with Crippen molar-refractivity contribution in [2.24, 2.45) is 0 Å². The van der Waals surface area contributed by atoms with Crippen molar-refractivity contribution in [3.8, 4) is 17.2 Å². The first-order valence-corrected chi connectivity index (χ1v) is 12.9. The van der Waals surface area contributed by atoms with Crippen LogP contribution in [0.15, 0.2) is 42.6 Å². The van der Waals surface area contributed by atoms with E-state index in [1.54, 1.807) is 19.1 Å². The van der Waals surface area contributed by atoms with Gasteiger partial charge >= 0.3 is 6.18 Å². The molecule has 0 bridgehead atoms. The van der Waals surface area contributed by atoms with Crippen LogP contribution in [0.2, 0.25) is 0 Å². The van der Waals surface area contributed by atoms with Crippen molar-refractivity contribution in [3.05, 3.63) is 74.8 Å². The number of fused-ring (bicyclic) bond motifs is 1. The van der Waals surface area contributed by atoms with Crippen LogP contribution in [0.25, 0.3) is 11.1 Å². The quantitative estimate of drug-likeness (QED) is 0.259. The molecule has 6 nitrogen and oxygen atoms in total. The molecule has 12 heteroatoms. The SMILES string of the molecule is CCn1cc(-c2c(C(F)F)cccc2C2CN(C(=O)/C=C/CN(C)C)Cc3sc(C#N)cc32)c(C(F)(F)F)n1. The van der Waals surface area contributed by atoms with E-state index in [0.29, 0.717) is 21.9 Å². The highest BCUT2D eigenvalue weighted by atomic mass is 32.1. The van der Waals surface area contributed by atoms with Gasteiger partial charge < -0.3 is 9.80 Å². The van der Waals surface area contributed by atoms with Crippen LogP contribution >= 0.6 is 11.3 Å². The first-order chi connectivity index (χ1) is 18.4. The maximum absolute atomic E-state index is 14.3. The zero-order chi connectivity index (χ0) is 28.5. The number of hydrogen-bond donors (Lipinski definition) is 0. The Hall–Kier alpha value is -3.56. The summed E-state index contributed by atoms with van der Waals surface area (Å²) in [5.74, 6) is -1.06. The fourth-order valence-electron chi connectivity index (χ4n) is 4.72. The van der Waals surface area contributed by atoms with Crippen LogP contribution in [0.5, 0.6) is 0 Å². The number of aromatic nitrogens is 2. The summed E-state index contributed by atoms with van der Waals surface area (Å²) in [5.41, 5.74) is -1.65. The Balaban J connectivity index is 1.92. The fraction of sp³-hybridized carbons (Fsp3) is 0.370. The molecule has 0 radical (unpaired) electrons. The van der Waals surface area contributed by atoms with Gasteiger partial charge in [-0.05, 0) is 43.8 Å². The molecule has 1 aliphatic rings. The number of nitriles is 1. The van der Waals surface area contributed by atoms with Gasteiger partial charge in [-0.25, -0.2) is 8.78 Å². The number of carbonyl (C=O) groups is 1. The highest BCUT2D eigenvalue weighted by molar-refractivity contribution is 7.12. The molecule has 0 N–H and O–H groups in total. The number of hydrogen-bond acceptors (Lipinski definition) is 5. The monoisotopic (exact) mass is 563 g/mol. The largest absolute Gasteiger partial charge is 0.435 e. The van der Waals surface area contributed by atoms with Crippen molar-refractivity contribution >= 4 is 17.2 Å². The van der Waals surface area contributed by atoms with Crippen LogP contribution in [0.4, 0.5) is 22.0 Å². The lowest BCUT2D eigenvalue weighted by Crippen LogP contribution is -2.37. The highest BCUT2D eigenvalue weighted by Gasteiger charge is 2.40. The Morgan fingerprint density at radius 2 is 2.05 bits per heavy atom. The molecule has 1 aliphatic heterocycles. The topological polar surface area (TPSA) is 65.2 Å². The average molecular weight is 564 g/mol. The molecule has 1 amide bonds. The van der Waals surface area contributed by atoms with Gasteiger partial charge in [0, 0.05) is 53.8 Å². The number of carbonyl (C=O) groups excluding carboxylic acids is 1. The minimum absolute atomic E-state index is 0.0443. The van der Waals surface area contributed by atoms with E-state index in [1.807, 2.05) is 19.0 Å². The van der Waals surface area contributed by atoms with Gasteiger partial charge in [-0.2, -0.15) is 23.5 Å². The van der Waals surface area contributed by atoms with Crippen LogP contribution in [0, 0.1) is 11.3 Å². The molecule has 3 heterocycles. The Morgan fingerprint density at radius 3 is 2.67 bits per heavy atom. The molecule has 0 aliphatic carbocycles. The first-order valence-electron chi connectivity index (χ1n) is 12.1. The molecular weight excluding hydrogens is 537 g/mol. The lowest BCUT2D eigenvalue weighted by Gasteiger charge is -2.34. The predicted molar refractivity (Wildman–Crippen MR) is 137 cm³/mol. The second-order valence-electron chi connectivity index (χ2n) is 9.39. The molecule has 39 heavy (non-hydrogen) atoms. The number of likely N-dealkylation sites (N-methyl/N-ethyl adjacent to an activating group) is 1. The molecule has 0 saturated carbocycles. The standard InChI is InChI=1S/C27H26F5N5OS/c1-4-37-14-21(25(34-37)27(30,31)32)24-17(7-5-8-18(24)26(28)29)20-13-36(23(38)9-6-10-35(2)3)15-22-19(20)11-16(12-33)39-22/h5-9,11,14,20,26H,4,10,13,15H2,1-3H3/b9-6+. The van der Waals surface area contributed by atoms with Crippen LogP contribution in [-0.4, -0.2) is 52.7 Å². The van der Waals surface area contributed by atoms with E-state index in [2.05, 4.69) is 11.2 Å². The predicted octanol–water partition coefficient (Wildman–Crippen LogP) is 6.05. The lowest BCUT2D eigenvalue weighted by atomic mass is 9.82. The third-order valence-electron chi connectivity index (χ3n) is 6.47. The highest BCUT2D eigenvalue weighted by Crippen LogP contribution is 2.47. The molecule has 1 atom stereocenters. The van der Waals surface area contributed by atoms with E-state index in [9.17, 15) is 32.0 Å². The van der Waals surface area contributed by atoms with Crippen molar-refractivity contribution in [2.75, 3.05) is 27.2 Å². The molecule has 4 rings (SSSR count). The first kappa shape index (κ1) is 28.4. The number of halogens is 5. The molecule has 0 saturated heterocycles.